The average Bonchev–Trinajstić information content (AvgIpc) is 3.19. The van der Waals surface area contributed by atoms with E-state index in [2.05, 4.69) is 4.72 Å². The number of hydrogen-bond acceptors (Lipinski definition) is 4. The number of hydrogen-bond donors (Lipinski definition) is 2. The fraction of sp³-hybridized carbons (Fsp3) is 0.429. The fourth-order valence-corrected chi connectivity index (χ4v) is 3.61. The zero-order valence-electron chi connectivity index (χ0n) is 11.9. The number of carboxylic acids is 1. The lowest BCUT2D eigenvalue weighted by Crippen LogP contribution is -2.31. The van der Waals surface area contributed by atoms with Crippen LogP contribution >= 0.6 is 0 Å². The van der Waals surface area contributed by atoms with Crippen LogP contribution in [-0.4, -0.2) is 39.0 Å². The number of amides is 1. The second-order valence-electron chi connectivity index (χ2n) is 5.52. The normalized spacial score (nSPS) is 23.2. The molecule has 1 aliphatic heterocycles. The molecule has 8 heteroatoms. The van der Waals surface area contributed by atoms with Crippen molar-refractivity contribution in [1.29, 1.82) is 0 Å². The lowest BCUT2D eigenvalue weighted by atomic mass is 10.2. The van der Waals surface area contributed by atoms with Gasteiger partial charge in [-0.25, -0.2) is 13.1 Å². The number of anilines is 1. The highest BCUT2D eigenvalue weighted by Crippen LogP contribution is 2.42. The summed E-state index contributed by atoms with van der Waals surface area (Å²) in [5.41, 5.74) is 1.47. The standard InChI is InChI=1S/C14H16N2O5S/c1-15-22(20,21)9-2-3-12-8(6-9)4-5-16(12)13(17)10-7-11(10)14(18)19/h2-3,6,10-11,15H,4-5,7H2,1H3,(H,18,19)/t10-,11-/m0/s1. The smallest absolute Gasteiger partial charge is 0.307 e. The van der Waals surface area contributed by atoms with Crippen molar-refractivity contribution in [3.63, 3.8) is 0 Å². The molecule has 0 bridgehead atoms. The molecular formula is C14H16N2O5S. The molecule has 7 nitrogen and oxygen atoms in total. The van der Waals surface area contributed by atoms with Crippen molar-refractivity contribution >= 4 is 27.6 Å². The molecule has 0 saturated heterocycles. The number of fused-ring (bicyclic) bond motifs is 1. The number of rotatable bonds is 4. The summed E-state index contributed by atoms with van der Waals surface area (Å²) in [5.74, 6) is -2.16. The van der Waals surface area contributed by atoms with Gasteiger partial charge in [-0.15, -0.1) is 0 Å². The SMILES string of the molecule is CNS(=O)(=O)c1ccc2c(c1)CCN2C(=O)[C@H]1C[C@@H]1C(=O)O. The summed E-state index contributed by atoms with van der Waals surface area (Å²) < 4.78 is 25.8. The maximum Gasteiger partial charge on any atom is 0.307 e. The molecule has 2 atom stereocenters. The monoisotopic (exact) mass is 324 g/mol. The topological polar surface area (TPSA) is 104 Å². The second-order valence-corrected chi connectivity index (χ2v) is 7.41. The first-order chi connectivity index (χ1) is 10.3. The van der Waals surface area contributed by atoms with E-state index in [-0.39, 0.29) is 10.8 Å². The second kappa shape index (κ2) is 5.06. The Morgan fingerprint density at radius 3 is 2.64 bits per heavy atom. The molecule has 22 heavy (non-hydrogen) atoms. The van der Waals surface area contributed by atoms with E-state index in [0.717, 1.165) is 5.56 Å². The van der Waals surface area contributed by atoms with Crippen molar-refractivity contribution in [2.75, 3.05) is 18.5 Å². The van der Waals surface area contributed by atoms with Crippen LogP contribution in [0, 0.1) is 11.8 Å². The van der Waals surface area contributed by atoms with Gasteiger partial charge in [0.1, 0.15) is 0 Å². The molecule has 0 radical (unpaired) electrons. The quantitative estimate of drug-likeness (QED) is 0.823. The Bertz CT molecular complexity index is 758. The van der Waals surface area contributed by atoms with Gasteiger partial charge in [-0.3, -0.25) is 9.59 Å². The number of carbonyl (C=O) groups is 2. The van der Waals surface area contributed by atoms with Gasteiger partial charge >= 0.3 is 5.97 Å². The highest BCUT2D eigenvalue weighted by molar-refractivity contribution is 7.89. The van der Waals surface area contributed by atoms with Crippen LogP contribution in [0.5, 0.6) is 0 Å². The number of aliphatic carboxylic acids is 1. The van der Waals surface area contributed by atoms with Crippen molar-refractivity contribution in [3.8, 4) is 0 Å². The van der Waals surface area contributed by atoms with Gasteiger partial charge in [0.15, 0.2) is 0 Å². The first-order valence-electron chi connectivity index (χ1n) is 6.96. The van der Waals surface area contributed by atoms with Crippen molar-refractivity contribution in [3.05, 3.63) is 23.8 Å². The van der Waals surface area contributed by atoms with Gasteiger partial charge < -0.3 is 10.0 Å². The molecule has 1 aromatic carbocycles. The van der Waals surface area contributed by atoms with Crippen molar-refractivity contribution < 1.29 is 23.1 Å². The van der Waals surface area contributed by atoms with Gasteiger partial charge in [0.25, 0.3) is 0 Å². The van der Waals surface area contributed by atoms with Gasteiger partial charge in [0.2, 0.25) is 15.9 Å². The molecule has 1 saturated carbocycles. The third kappa shape index (κ3) is 2.38. The number of nitrogens with zero attached hydrogens (tertiary/aromatic N) is 1. The molecule has 3 rings (SSSR count). The van der Waals surface area contributed by atoms with Gasteiger partial charge in [0.05, 0.1) is 16.7 Å². The van der Waals surface area contributed by atoms with Crippen molar-refractivity contribution in [1.82, 2.24) is 4.72 Å². The Hall–Kier alpha value is -1.93. The summed E-state index contributed by atoms with van der Waals surface area (Å²) in [6, 6.07) is 4.64. The molecule has 1 fully saturated rings. The van der Waals surface area contributed by atoms with E-state index >= 15 is 0 Å². The van der Waals surface area contributed by atoms with Crippen LogP contribution in [0.15, 0.2) is 23.1 Å². The minimum absolute atomic E-state index is 0.165. The largest absolute Gasteiger partial charge is 0.481 e. The first-order valence-corrected chi connectivity index (χ1v) is 8.44. The Morgan fingerprint density at radius 2 is 2.05 bits per heavy atom. The van der Waals surface area contributed by atoms with E-state index in [1.807, 2.05) is 0 Å². The van der Waals surface area contributed by atoms with Gasteiger partial charge in [-0.2, -0.15) is 0 Å². The molecule has 1 heterocycles. The minimum atomic E-state index is -3.51. The predicted molar refractivity (Wildman–Crippen MR) is 78.0 cm³/mol. The maximum absolute atomic E-state index is 12.4. The molecule has 0 unspecified atom stereocenters. The molecule has 0 aromatic heterocycles. The molecule has 1 aliphatic carbocycles. The third-order valence-electron chi connectivity index (χ3n) is 4.22. The number of benzene rings is 1. The van der Waals surface area contributed by atoms with Crippen LogP contribution in [0.25, 0.3) is 0 Å². The predicted octanol–water partition coefficient (Wildman–Crippen LogP) is 0.204. The molecule has 118 valence electrons. The Labute approximate surface area is 128 Å². The summed E-state index contributed by atoms with van der Waals surface area (Å²) in [5, 5.41) is 8.92. The highest BCUT2D eigenvalue weighted by atomic mass is 32.2. The van der Waals surface area contributed by atoms with Gasteiger partial charge in [0, 0.05) is 12.2 Å². The van der Waals surface area contributed by atoms with E-state index in [1.54, 1.807) is 17.0 Å². The van der Waals surface area contributed by atoms with Crippen LogP contribution in [0.4, 0.5) is 5.69 Å². The van der Waals surface area contributed by atoms with Crippen molar-refractivity contribution in [2.24, 2.45) is 11.8 Å². The van der Waals surface area contributed by atoms with Crippen molar-refractivity contribution in [2.45, 2.75) is 17.7 Å². The number of carbonyl (C=O) groups excluding carboxylic acids is 1. The fourth-order valence-electron chi connectivity index (χ4n) is 2.83. The summed E-state index contributed by atoms with van der Waals surface area (Å²) in [6.45, 7) is 0.458. The Morgan fingerprint density at radius 1 is 1.32 bits per heavy atom. The lowest BCUT2D eigenvalue weighted by Gasteiger charge is -2.17. The number of nitrogens with one attached hydrogen (secondary N) is 1. The lowest BCUT2D eigenvalue weighted by molar-refractivity contribution is -0.140. The summed E-state index contributed by atoms with van der Waals surface area (Å²) in [6.07, 6.45) is 0.949. The average molecular weight is 324 g/mol. The molecular weight excluding hydrogens is 308 g/mol. The van der Waals surface area contributed by atoms with E-state index in [1.165, 1.54) is 13.1 Å². The van der Waals surface area contributed by atoms with Crippen LogP contribution < -0.4 is 9.62 Å². The number of sulfonamides is 1. The summed E-state index contributed by atoms with van der Waals surface area (Å²) in [4.78, 5) is 25.0. The van der Waals surface area contributed by atoms with Crippen LogP contribution in [0.2, 0.25) is 0 Å². The molecule has 1 aromatic rings. The Balaban J connectivity index is 1.84. The van der Waals surface area contributed by atoms with E-state index in [0.29, 0.717) is 25.1 Å². The van der Waals surface area contributed by atoms with E-state index in [9.17, 15) is 18.0 Å². The van der Waals surface area contributed by atoms with E-state index < -0.39 is 27.8 Å². The molecule has 0 spiro atoms. The molecule has 2 aliphatic rings. The van der Waals surface area contributed by atoms with E-state index in [4.69, 9.17) is 5.11 Å². The zero-order chi connectivity index (χ0) is 16.1. The number of carboxylic acid groups (broad SMARTS) is 1. The van der Waals surface area contributed by atoms with Crippen LogP contribution in [0.1, 0.15) is 12.0 Å². The zero-order valence-corrected chi connectivity index (χ0v) is 12.8. The van der Waals surface area contributed by atoms with Gasteiger partial charge in [-0.05, 0) is 43.7 Å². The van der Waals surface area contributed by atoms with Crippen LogP contribution in [-0.2, 0) is 26.0 Å². The summed E-state index contributed by atoms with van der Waals surface area (Å²) in [7, 11) is -2.17. The maximum atomic E-state index is 12.4. The summed E-state index contributed by atoms with van der Waals surface area (Å²) >= 11 is 0. The molecule has 1 amide bonds. The van der Waals surface area contributed by atoms with Gasteiger partial charge in [-0.1, -0.05) is 0 Å². The Kier molecular flexibility index (Phi) is 3.45. The third-order valence-corrected chi connectivity index (χ3v) is 5.63. The minimum Gasteiger partial charge on any atom is -0.481 e. The first kappa shape index (κ1) is 15.0. The van der Waals surface area contributed by atoms with Crippen LogP contribution in [0.3, 0.4) is 0 Å². The highest BCUT2D eigenvalue weighted by Gasteiger charge is 2.50. The molecule has 2 N–H and O–H groups in total.